The van der Waals surface area contributed by atoms with Crippen molar-refractivity contribution >= 4 is 34.4 Å². The molecule has 134 valence electrons. The maximum absolute atomic E-state index is 12.2. The molecule has 0 radical (unpaired) electrons. The highest BCUT2D eigenvalue weighted by Crippen LogP contribution is 2.17. The highest BCUT2D eigenvalue weighted by atomic mass is 16.2. The van der Waals surface area contributed by atoms with Crippen LogP contribution in [0.4, 0.5) is 22.2 Å². The second-order valence-electron chi connectivity index (χ2n) is 5.78. The second kappa shape index (κ2) is 8.21. The minimum atomic E-state index is -0.410. The van der Waals surface area contributed by atoms with E-state index in [0.717, 1.165) is 23.0 Å². The van der Waals surface area contributed by atoms with E-state index in [9.17, 15) is 4.79 Å². The molecule has 0 aliphatic heterocycles. The van der Waals surface area contributed by atoms with Crippen LogP contribution in [0.1, 0.15) is 12.1 Å². The fraction of sp³-hybridized carbons (Fsp3) is 0.222. The van der Waals surface area contributed by atoms with Gasteiger partial charge >= 0.3 is 6.03 Å². The third-order valence-corrected chi connectivity index (χ3v) is 3.63. The van der Waals surface area contributed by atoms with Crippen LogP contribution < -0.4 is 21.7 Å². The number of aryl methyl sites for hydroxylation is 1. The molecule has 0 spiro atoms. The Morgan fingerprint density at radius 3 is 2.88 bits per heavy atom. The molecular weight excluding hydrogens is 330 g/mol. The minimum absolute atomic E-state index is 0.236. The molecule has 2 amide bonds. The first-order chi connectivity index (χ1) is 12.6. The molecule has 0 atom stereocenters. The van der Waals surface area contributed by atoms with Crippen molar-refractivity contribution in [2.24, 2.45) is 5.73 Å². The van der Waals surface area contributed by atoms with E-state index < -0.39 is 6.03 Å². The number of urea groups is 1. The number of benzene rings is 1. The van der Waals surface area contributed by atoms with Gasteiger partial charge in [-0.15, -0.1) is 0 Å². The topological polar surface area (TPSA) is 118 Å². The number of amides is 2. The average Bonchev–Trinajstić information content (AvgIpc) is 2.61. The number of nitrogens with two attached hydrogens (primary N) is 1. The number of carbonyl (C=O) groups excluding carboxylic acids is 1. The molecule has 3 aromatic rings. The SMILES string of the molecule is Cc1cc(NCCCN)nc(NC(=O)Nc2ccc3ncccc3c2)n1. The van der Waals surface area contributed by atoms with Crippen LogP contribution in [-0.2, 0) is 0 Å². The first-order valence-corrected chi connectivity index (χ1v) is 8.36. The molecule has 2 heterocycles. The first kappa shape index (κ1) is 17.6. The molecule has 0 saturated heterocycles. The zero-order chi connectivity index (χ0) is 18.4. The Kier molecular flexibility index (Phi) is 5.55. The van der Waals surface area contributed by atoms with Gasteiger partial charge in [-0.05, 0) is 44.2 Å². The molecule has 0 fully saturated rings. The second-order valence-corrected chi connectivity index (χ2v) is 5.78. The molecule has 26 heavy (non-hydrogen) atoms. The van der Waals surface area contributed by atoms with E-state index in [1.165, 1.54) is 0 Å². The molecule has 2 aromatic heterocycles. The summed E-state index contributed by atoms with van der Waals surface area (Å²) in [4.78, 5) is 25.0. The Bertz CT molecular complexity index is 913. The zero-order valence-corrected chi connectivity index (χ0v) is 14.5. The number of nitrogens with one attached hydrogen (secondary N) is 3. The van der Waals surface area contributed by atoms with Gasteiger partial charge in [-0.25, -0.2) is 9.78 Å². The first-order valence-electron chi connectivity index (χ1n) is 8.36. The lowest BCUT2D eigenvalue weighted by atomic mass is 10.2. The van der Waals surface area contributed by atoms with Crippen molar-refractivity contribution in [2.45, 2.75) is 13.3 Å². The molecule has 0 bridgehead atoms. The summed E-state index contributed by atoms with van der Waals surface area (Å²) in [7, 11) is 0. The number of pyridine rings is 1. The summed E-state index contributed by atoms with van der Waals surface area (Å²) in [5.41, 5.74) is 7.77. The Morgan fingerprint density at radius 1 is 1.15 bits per heavy atom. The van der Waals surface area contributed by atoms with Crippen LogP contribution >= 0.6 is 0 Å². The zero-order valence-electron chi connectivity index (χ0n) is 14.5. The van der Waals surface area contributed by atoms with Crippen molar-refractivity contribution in [3.63, 3.8) is 0 Å². The quantitative estimate of drug-likeness (QED) is 0.507. The fourth-order valence-corrected chi connectivity index (χ4v) is 2.45. The number of hydrogen-bond acceptors (Lipinski definition) is 6. The number of rotatable bonds is 6. The lowest BCUT2D eigenvalue weighted by Gasteiger charge is -2.10. The van der Waals surface area contributed by atoms with Crippen molar-refractivity contribution in [1.29, 1.82) is 0 Å². The van der Waals surface area contributed by atoms with Crippen LogP contribution in [0.5, 0.6) is 0 Å². The molecule has 0 unspecified atom stereocenters. The van der Waals surface area contributed by atoms with Gasteiger partial charge in [0.15, 0.2) is 0 Å². The van der Waals surface area contributed by atoms with E-state index in [1.807, 2.05) is 37.3 Å². The van der Waals surface area contributed by atoms with E-state index in [4.69, 9.17) is 5.73 Å². The number of fused-ring (bicyclic) bond motifs is 1. The number of anilines is 3. The predicted molar refractivity (Wildman–Crippen MR) is 103 cm³/mol. The van der Waals surface area contributed by atoms with Gasteiger partial charge in [-0.2, -0.15) is 4.98 Å². The van der Waals surface area contributed by atoms with Gasteiger partial charge in [-0.3, -0.25) is 10.3 Å². The summed E-state index contributed by atoms with van der Waals surface area (Å²) >= 11 is 0. The standard InChI is InChI=1S/C18H21N7O/c1-12-10-16(21-9-3-7-19)24-17(22-12)25-18(26)23-14-5-6-15-13(11-14)4-2-8-20-15/h2,4-6,8,10-11H,3,7,9,19H2,1H3,(H3,21,22,23,24,25,26). The molecule has 5 N–H and O–H groups in total. The van der Waals surface area contributed by atoms with Gasteiger partial charge in [0.25, 0.3) is 0 Å². The maximum Gasteiger partial charge on any atom is 0.326 e. The van der Waals surface area contributed by atoms with E-state index in [0.29, 0.717) is 24.6 Å². The normalized spacial score (nSPS) is 10.5. The van der Waals surface area contributed by atoms with Crippen molar-refractivity contribution in [3.8, 4) is 0 Å². The van der Waals surface area contributed by atoms with E-state index in [2.05, 4.69) is 30.9 Å². The Labute approximate surface area is 151 Å². The van der Waals surface area contributed by atoms with Crippen LogP contribution in [0.2, 0.25) is 0 Å². The van der Waals surface area contributed by atoms with Gasteiger partial charge in [0.05, 0.1) is 5.52 Å². The summed E-state index contributed by atoms with van der Waals surface area (Å²) in [5.74, 6) is 0.887. The van der Waals surface area contributed by atoms with Crippen molar-refractivity contribution in [1.82, 2.24) is 15.0 Å². The monoisotopic (exact) mass is 351 g/mol. The van der Waals surface area contributed by atoms with E-state index in [-0.39, 0.29) is 5.95 Å². The van der Waals surface area contributed by atoms with Crippen molar-refractivity contribution in [3.05, 3.63) is 48.3 Å². The van der Waals surface area contributed by atoms with Gasteiger partial charge in [0.2, 0.25) is 5.95 Å². The van der Waals surface area contributed by atoms with Gasteiger partial charge < -0.3 is 16.4 Å². The summed E-state index contributed by atoms with van der Waals surface area (Å²) in [5, 5.41) is 9.54. The summed E-state index contributed by atoms with van der Waals surface area (Å²) in [6, 6.07) is 10.7. The minimum Gasteiger partial charge on any atom is -0.370 e. The maximum atomic E-state index is 12.2. The number of nitrogens with zero attached hydrogens (tertiary/aromatic N) is 3. The van der Waals surface area contributed by atoms with E-state index in [1.54, 1.807) is 12.3 Å². The number of carbonyl (C=O) groups is 1. The molecule has 1 aromatic carbocycles. The van der Waals surface area contributed by atoms with Gasteiger partial charge in [0.1, 0.15) is 5.82 Å². The van der Waals surface area contributed by atoms with Crippen LogP contribution in [0.15, 0.2) is 42.6 Å². The third-order valence-electron chi connectivity index (χ3n) is 3.63. The lowest BCUT2D eigenvalue weighted by Crippen LogP contribution is -2.21. The smallest absolute Gasteiger partial charge is 0.326 e. The van der Waals surface area contributed by atoms with Crippen molar-refractivity contribution < 1.29 is 4.79 Å². The average molecular weight is 351 g/mol. The van der Waals surface area contributed by atoms with E-state index >= 15 is 0 Å². The lowest BCUT2D eigenvalue weighted by molar-refractivity contribution is 0.262. The number of aromatic nitrogens is 3. The molecule has 0 saturated carbocycles. The summed E-state index contributed by atoms with van der Waals surface area (Å²) in [6.07, 6.45) is 2.57. The molecule has 8 heteroatoms. The molecule has 3 rings (SSSR count). The highest BCUT2D eigenvalue weighted by Gasteiger charge is 2.08. The largest absolute Gasteiger partial charge is 0.370 e. The summed E-state index contributed by atoms with van der Waals surface area (Å²) < 4.78 is 0. The van der Waals surface area contributed by atoms with Crippen LogP contribution in [0, 0.1) is 6.92 Å². The third kappa shape index (κ3) is 4.64. The van der Waals surface area contributed by atoms with Crippen LogP contribution in [0.3, 0.4) is 0 Å². The van der Waals surface area contributed by atoms with Crippen molar-refractivity contribution in [2.75, 3.05) is 29.0 Å². The van der Waals surface area contributed by atoms with Crippen LogP contribution in [0.25, 0.3) is 10.9 Å². The molecule has 0 aliphatic carbocycles. The van der Waals surface area contributed by atoms with Gasteiger partial charge in [-0.1, -0.05) is 6.07 Å². The summed E-state index contributed by atoms with van der Waals surface area (Å²) in [6.45, 7) is 3.16. The Hall–Kier alpha value is -3.26. The highest BCUT2D eigenvalue weighted by molar-refractivity contribution is 6.00. The van der Waals surface area contributed by atoms with Gasteiger partial charge in [0, 0.05) is 35.6 Å². The fourth-order valence-electron chi connectivity index (χ4n) is 2.45. The predicted octanol–water partition coefficient (Wildman–Crippen LogP) is 2.74. The molecule has 8 nitrogen and oxygen atoms in total. The van der Waals surface area contributed by atoms with Crippen LogP contribution in [-0.4, -0.2) is 34.1 Å². The Balaban J connectivity index is 1.66. The molecule has 0 aliphatic rings. The number of hydrogen-bond donors (Lipinski definition) is 4. The Morgan fingerprint density at radius 2 is 2.04 bits per heavy atom. The molecular formula is C18H21N7O.